The molecule has 0 radical (unpaired) electrons. The number of rotatable bonds is 6. The molecule has 136 valence electrons. The largest absolute Gasteiger partial charge is 0.492 e. The number of hydroxylamine groups is 2. The molecule has 2 aliphatic rings. The molecule has 1 saturated heterocycles. The van der Waals surface area contributed by atoms with Gasteiger partial charge in [-0.15, -0.1) is 4.28 Å². The zero-order valence-corrected chi connectivity index (χ0v) is 13.5. The zero-order valence-electron chi connectivity index (χ0n) is 12.7. The highest BCUT2D eigenvalue weighted by Crippen LogP contribution is 2.45. The van der Waals surface area contributed by atoms with Crippen LogP contribution in [0.15, 0.2) is 18.2 Å². The lowest BCUT2D eigenvalue weighted by Gasteiger charge is -2.30. The third kappa shape index (κ3) is 3.11. The first-order valence-corrected chi connectivity index (χ1v) is 8.56. The fraction of sp³-hybridized carbons (Fsp3) is 0.385. The van der Waals surface area contributed by atoms with Crippen molar-refractivity contribution in [2.24, 2.45) is 5.73 Å². The Kier molecular flexibility index (Phi) is 4.28. The van der Waals surface area contributed by atoms with Crippen molar-refractivity contribution in [1.29, 1.82) is 0 Å². The molecule has 2 bridgehead atoms. The molecule has 4 N–H and O–H groups in total. The van der Waals surface area contributed by atoms with Gasteiger partial charge in [-0.2, -0.15) is 13.5 Å². The number of carboxylic acid groups (broad SMARTS) is 1. The van der Waals surface area contributed by atoms with Gasteiger partial charge in [0.05, 0.1) is 6.54 Å². The van der Waals surface area contributed by atoms with Crippen molar-refractivity contribution in [1.82, 2.24) is 9.96 Å². The highest BCUT2D eigenvalue weighted by molar-refractivity contribution is 7.80. The van der Waals surface area contributed by atoms with Gasteiger partial charge in [-0.05, 0) is 23.3 Å². The van der Waals surface area contributed by atoms with Gasteiger partial charge in [0.15, 0.2) is 6.04 Å². The second-order valence-electron chi connectivity index (χ2n) is 5.45. The molecular formula is C13H15N3O8S. The Labute approximate surface area is 142 Å². The van der Waals surface area contributed by atoms with Crippen LogP contribution in [-0.2, 0) is 19.5 Å². The molecule has 0 aromatic heterocycles. The molecule has 0 unspecified atom stereocenters. The summed E-state index contributed by atoms with van der Waals surface area (Å²) in [5.74, 6) is -0.898. The summed E-state index contributed by atoms with van der Waals surface area (Å²) in [7, 11) is -4.96. The molecule has 11 nitrogen and oxygen atoms in total. The standard InChI is InChI=1S/C13H15N3O8S/c14-3-4-23-7-1-2-8-9(5-7)10-6-15(11(8)12(17)18)13(19)16(10)24-25(20,21)22/h1-2,5,10-11H,3-4,6,14H2,(H,17,18)(H,20,21,22)/t10-,11-/m1/s1. The average molecular weight is 373 g/mol. The van der Waals surface area contributed by atoms with Crippen LogP contribution in [0.3, 0.4) is 0 Å². The third-order valence-electron chi connectivity index (χ3n) is 3.91. The van der Waals surface area contributed by atoms with Crippen LogP contribution in [0.2, 0.25) is 0 Å². The number of carbonyl (C=O) groups excluding carboxylic acids is 1. The van der Waals surface area contributed by atoms with Crippen LogP contribution in [0.4, 0.5) is 4.79 Å². The Morgan fingerprint density at radius 3 is 2.68 bits per heavy atom. The monoisotopic (exact) mass is 373 g/mol. The Balaban J connectivity index is 2.07. The predicted octanol–water partition coefficient (Wildman–Crippen LogP) is -0.323. The van der Waals surface area contributed by atoms with Crippen molar-refractivity contribution in [2.75, 3.05) is 19.7 Å². The van der Waals surface area contributed by atoms with Gasteiger partial charge in [-0.1, -0.05) is 6.07 Å². The van der Waals surface area contributed by atoms with Crippen LogP contribution in [0, 0.1) is 0 Å². The van der Waals surface area contributed by atoms with Crippen LogP contribution in [-0.4, -0.2) is 59.7 Å². The van der Waals surface area contributed by atoms with Gasteiger partial charge in [-0.3, -0.25) is 4.55 Å². The van der Waals surface area contributed by atoms with Crippen LogP contribution >= 0.6 is 0 Å². The van der Waals surface area contributed by atoms with E-state index in [-0.39, 0.29) is 19.7 Å². The van der Waals surface area contributed by atoms with Crippen LogP contribution in [0.1, 0.15) is 23.2 Å². The van der Waals surface area contributed by atoms with E-state index in [0.29, 0.717) is 21.9 Å². The van der Waals surface area contributed by atoms with Crippen LogP contribution < -0.4 is 10.5 Å². The van der Waals surface area contributed by atoms with Crippen LogP contribution in [0.5, 0.6) is 5.75 Å². The second-order valence-corrected chi connectivity index (χ2v) is 6.45. The highest BCUT2D eigenvalue weighted by atomic mass is 32.3. The van der Waals surface area contributed by atoms with E-state index < -0.39 is 34.5 Å². The Hall–Kier alpha value is -2.41. The lowest BCUT2D eigenvalue weighted by molar-refractivity contribution is -0.142. The molecule has 0 saturated carbocycles. The SMILES string of the molecule is NCCOc1ccc2c(c1)[C@H]1CN(C(=O)N1OS(=O)(=O)O)[C@H]2C(=O)O. The van der Waals surface area contributed by atoms with Crippen molar-refractivity contribution in [3.63, 3.8) is 0 Å². The minimum atomic E-state index is -4.96. The molecular weight excluding hydrogens is 358 g/mol. The van der Waals surface area contributed by atoms with Gasteiger partial charge in [0.1, 0.15) is 18.4 Å². The molecule has 1 fully saturated rings. The Morgan fingerprint density at radius 2 is 2.08 bits per heavy atom. The number of hydrogen-bond donors (Lipinski definition) is 3. The van der Waals surface area contributed by atoms with Gasteiger partial charge in [0.2, 0.25) is 0 Å². The quantitative estimate of drug-likeness (QED) is 0.568. The number of aliphatic carboxylic acids is 1. The molecule has 2 aliphatic heterocycles. The Morgan fingerprint density at radius 1 is 1.36 bits per heavy atom. The molecule has 2 amide bonds. The van der Waals surface area contributed by atoms with Crippen LogP contribution in [0.25, 0.3) is 0 Å². The maximum absolute atomic E-state index is 12.3. The highest BCUT2D eigenvalue weighted by Gasteiger charge is 2.52. The molecule has 2 heterocycles. The molecule has 25 heavy (non-hydrogen) atoms. The van der Waals surface area contributed by atoms with E-state index in [4.69, 9.17) is 15.0 Å². The predicted molar refractivity (Wildman–Crippen MR) is 80.7 cm³/mol. The lowest BCUT2D eigenvalue weighted by atomic mass is 9.91. The summed E-state index contributed by atoms with van der Waals surface area (Å²) in [6.45, 7) is 0.378. The lowest BCUT2D eigenvalue weighted by Crippen LogP contribution is -2.38. The van der Waals surface area contributed by atoms with Gasteiger partial charge in [0.25, 0.3) is 0 Å². The Bertz CT molecular complexity index is 827. The smallest absolute Gasteiger partial charge is 0.418 e. The second kappa shape index (κ2) is 6.15. The number of amides is 2. The van der Waals surface area contributed by atoms with Crippen molar-refractivity contribution in [3.8, 4) is 5.75 Å². The minimum absolute atomic E-state index is 0.112. The van der Waals surface area contributed by atoms with E-state index >= 15 is 0 Å². The first-order valence-electron chi connectivity index (χ1n) is 7.19. The minimum Gasteiger partial charge on any atom is -0.492 e. The summed E-state index contributed by atoms with van der Waals surface area (Å²) < 4.78 is 40.7. The van der Waals surface area contributed by atoms with Gasteiger partial charge in [-0.25, -0.2) is 9.59 Å². The molecule has 0 aliphatic carbocycles. The molecule has 0 spiro atoms. The van der Waals surface area contributed by atoms with Crippen molar-refractivity contribution < 1.29 is 36.7 Å². The van der Waals surface area contributed by atoms with Gasteiger partial charge < -0.3 is 20.5 Å². The molecule has 1 aromatic carbocycles. The van der Waals surface area contributed by atoms with E-state index in [9.17, 15) is 23.1 Å². The number of fused-ring (bicyclic) bond motifs is 4. The maximum atomic E-state index is 12.3. The topological polar surface area (TPSA) is 160 Å². The fourth-order valence-electron chi connectivity index (χ4n) is 3.02. The van der Waals surface area contributed by atoms with E-state index in [1.54, 1.807) is 0 Å². The average Bonchev–Trinajstić information content (AvgIpc) is 2.78. The number of ether oxygens (including phenoxy) is 1. The first-order chi connectivity index (χ1) is 11.7. The summed E-state index contributed by atoms with van der Waals surface area (Å²) in [6, 6.07) is 1.33. The van der Waals surface area contributed by atoms with Gasteiger partial charge in [0, 0.05) is 6.54 Å². The molecule has 1 aromatic rings. The maximum Gasteiger partial charge on any atom is 0.418 e. The van der Waals surface area contributed by atoms with Crippen molar-refractivity contribution in [3.05, 3.63) is 29.3 Å². The van der Waals surface area contributed by atoms with E-state index in [2.05, 4.69) is 4.28 Å². The number of nitrogens with two attached hydrogens (primary N) is 1. The number of urea groups is 1. The molecule has 2 atom stereocenters. The number of nitrogens with zero attached hydrogens (tertiary/aromatic N) is 2. The summed E-state index contributed by atoms with van der Waals surface area (Å²) in [6.07, 6.45) is 0. The van der Waals surface area contributed by atoms with E-state index in [1.807, 2.05) is 0 Å². The van der Waals surface area contributed by atoms with Crippen molar-refractivity contribution >= 4 is 22.4 Å². The molecule has 3 rings (SSSR count). The van der Waals surface area contributed by atoms with E-state index in [1.165, 1.54) is 18.2 Å². The summed E-state index contributed by atoms with van der Waals surface area (Å²) in [4.78, 5) is 24.9. The summed E-state index contributed by atoms with van der Waals surface area (Å²) in [5, 5.41) is 9.93. The summed E-state index contributed by atoms with van der Waals surface area (Å²) in [5.41, 5.74) is 6.03. The van der Waals surface area contributed by atoms with Gasteiger partial charge >= 0.3 is 22.4 Å². The number of carbonyl (C=O) groups is 2. The third-order valence-corrected chi connectivity index (χ3v) is 4.25. The normalized spacial score (nSPS) is 22.1. The zero-order chi connectivity index (χ0) is 18.4. The number of hydrogen-bond acceptors (Lipinski definition) is 7. The first kappa shape index (κ1) is 17.4. The van der Waals surface area contributed by atoms with E-state index in [0.717, 1.165) is 4.90 Å². The number of carboxylic acids is 1. The molecule has 12 heteroatoms. The number of benzene rings is 1. The summed E-state index contributed by atoms with van der Waals surface area (Å²) >= 11 is 0. The van der Waals surface area contributed by atoms with Crippen molar-refractivity contribution in [2.45, 2.75) is 12.1 Å². The fourth-order valence-corrected chi connectivity index (χ4v) is 3.39.